The molecule has 8 heteroatoms. The van der Waals surface area contributed by atoms with Crippen LogP contribution >= 0.6 is 23.2 Å². The second-order valence-electron chi connectivity index (χ2n) is 12.3. The molecule has 1 N–H and O–H groups in total. The molecule has 0 radical (unpaired) electrons. The third-order valence-corrected chi connectivity index (χ3v) is 14.0. The molecule has 2 aromatic carbocycles. The summed E-state index contributed by atoms with van der Waals surface area (Å²) in [7, 11) is -1.79. The van der Waals surface area contributed by atoms with Gasteiger partial charge in [-0.3, -0.25) is 4.79 Å². The molecule has 1 aliphatic carbocycles. The molecule has 0 aromatic heterocycles. The summed E-state index contributed by atoms with van der Waals surface area (Å²) in [6, 6.07) is 10.6. The van der Waals surface area contributed by atoms with Crippen LogP contribution in [0.15, 0.2) is 36.4 Å². The molecule has 38 heavy (non-hydrogen) atoms. The number of amides is 1. The smallest absolute Gasteiger partial charge is 0.335 e. The first-order valence-electron chi connectivity index (χ1n) is 13.6. The van der Waals surface area contributed by atoms with Gasteiger partial charge in [0.05, 0.1) is 5.56 Å². The normalized spacial score (nSPS) is 22.7. The van der Waals surface area contributed by atoms with Gasteiger partial charge in [0.1, 0.15) is 0 Å². The summed E-state index contributed by atoms with van der Waals surface area (Å²) in [6.07, 6.45) is 5.65. The van der Waals surface area contributed by atoms with Crippen molar-refractivity contribution in [2.75, 3.05) is 6.54 Å². The average Bonchev–Trinajstić information content (AvgIpc) is 3.20. The summed E-state index contributed by atoms with van der Waals surface area (Å²) < 4.78 is 6.65. The van der Waals surface area contributed by atoms with Gasteiger partial charge in [-0.15, -0.1) is 0 Å². The Morgan fingerprint density at radius 2 is 1.58 bits per heavy atom. The zero-order valence-electron chi connectivity index (χ0n) is 23.0. The lowest BCUT2D eigenvalue weighted by molar-refractivity contribution is -0.133. The number of carboxylic acid groups (broad SMARTS) is 1. The molecule has 0 unspecified atom stereocenters. The SMILES string of the molecule is CC(C)(C)[Si](C)(C)OC1CCC(N2CC[C@@H](Cc3c(Cl)cc(-c4ccc(C(=O)O)cc4)cc3Cl)C2=O)CC1. The largest absolute Gasteiger partial charge is 0.478 e. The van der Waals surface area contributed by atoms with Gasteiger partial charge in [0, 0.05) is 34.7 Å². The number of rotatable bonds is 7. The maximum Gasteiger partial charge on any atom is 0.335 e. The number of benzene rings is 2. The van der Waals surface area contributed by atoms with Gasteiger partial charge in [-0.25, -0.2) is 4.79 Å². The van der Waals surface area contributed by atoms with E-state index in [0.717, 1.165) is 55.3 Å². The Balaban J connectivity index is 1.37. The van der Waals surface area contributed by atoms with Crippen LogP contribution in [0, 0.1) is 5.92 Å². The summed E-state index contributed by atoms with van der Waals surface area (Å²) >= 11 is 13.3. The third-order valence-electron chi connectivity index (χ3n) is 8.76. The molecule has 4 rings (SSSR count). The van der Waals surface area contributed by atoms with Crippen LogP contribution in [0.25, 0.3) is 11.1 Å². The van der Waals surface area contributed by atoms with E-state index in [9.17, 15) is 9.59 Å². The van der Waals surface area contributed by atoms with E-state index in [-0.39, 0.29) is 28.5 Å². The van der Waals surface area contributed by atoms with Crippen LogP contribution in [0.3, 0.4) is 0 Å². The monoisotopic (exact) mass is 575 g/mol. The highest BCUT2D eigenvalue weighted by Crippen LogP contribution is 2.40. The molecule has 1 saturated carbocycles. The summed E-state index contributed by atoms with van der Waals surface area (Å²) in [5.41, 5.74) is 2.67. The molecule has 1 heterocycles. The first-order valence-corrected chi connectivity index (χ1v) is 17.2. The minimum Gasteiger partial charge on any atom is -0.478 e. The Morgan fingerprint density at radius 3 is 2.11 bits per heavy atom. The second kappa shape index (κ2) is 11.3. The Morgan fingerprint density at radius 1 is 1.00 bits per heavy atom. The Kier molecular flexibility index (Phi) is 8.68. The predicted octanol–water partition coefficient (Wildman–Crippen LogP) is 8.08. The van der Waals surface area contributed by atoms with Gasteiger partial charge >= 0.3 is 5.97 Å². The molecule has 1 aliphatic heterocycles. The zero-order chi connectivity index (χ0) is 27.8. The number of hydrogen-bond donors (Lipinski definition) is 1. The Hall–Kier alpha value is -1.86. The average molecular weight is 577 g/mol. The van der Waals surface area contributed by atoms with Crippen LogP contribution < -0.4 is 0 Å². The molecule has 1 amide bonds. The molecule has 2 fully saturated rings. The summed E-state index contributed by atoms with van der Waals surface area (Å²) in [5.74, 6) is -0.878. The fourth-order valence-electron chi connectivity index (χ4n) is 5.40. The first kappa shape index (κ1) is 29.1. The lowest BCUT2D eigenvalue weighted by Gasteiger charge is -2.42. The highest BCUT2D eigenvalue weighted by molar-refractivity contribution is 6.74. The Bertz CT molecular complexity index is 1160. The van der Waals surface area contributed by atoms with Gasteiger partial charge in [-0.1, -0.05) is 56.1 Å². The van der Waals surface area contributed by atoms with Crippen molar-refractivity contribution in [3.05, 3.63) is 57.6 Å². The van der Waals surface area contributed by atoms with Crippen molar-refractivity contribution in [2.45, 2.75) is 89.6 Å². The number of carbonyl (C=O) groups excluding carboxylic acids is 1. The number of carbonyl (C=O) groups is 2. The number of carboxylic acids is 1. The molecule has 2 aromatic rings. The van der Waals surface area contributed by atoms with Crippen molar-refractivity contribution in [2.24, 2.45) is 5.92 Å². The van der Waals surface area contributed by atoms with E-state index in [4.69, 9.17) is 32.7 Å². The van der Waals surface area contributed by atoms with E-state index < -0.39 is 14.3 Å². The van der Waals surface area contributed by atoms with Crippen LogP contribution in [-0.4, -0.2) is 48.9 Å². The number of aromatic carboxylic acids is 1. The zero-order valence-corrected chi connectivity index (χ0v) is 25.5. The second-order valence-corrected chi connectivity index (χ2v) is 17.9. The van der Waals surface area contributed by atoms with E-state index in [2.05, 4.69) is 38.8 Å². The minimum atomic E-state index is -1.79. The molecule has 0 spiro atoms. The molecule has 2 aliphatic rings. The van der Waals surface area contributed by atoms with E-state index in [0.29, 0.717) is 22.6 Å². The van der Waals surface area contributed by atoms with Crippen LogP contribution in [0.1, 0.15) is 68.8 Å². The lowest BCUT2D eigenvalue weighted by atomic mass is 9.92. The number of nitrogens with zero attached hydrogens (tertiary/aromatic N) is 1. The van der Waals surface area contributed by atoms with Crippen LogP contribution in [0.2, 0.25) is 28.2 Å². The lowest BCUT2D eigenvalue weighted by Crippen LogP contribution is -2.47. The fourth-order valence-corrected chi connectivity index (χ4v) is 7.46. The quantitative estimate of drug-likeness (QED) is 0.339. The molecule has 1 atom stereocenters. The molecule has 206 valence electrons. The summed E-state index contributed by atoms with van der Waals surface area (Å²) in [5, 5.41) is 10.4. The van der Waals surface area contributed by atoms with E-state index in [1.165, 1.54) is 0 Å². The fraction of sp³-hybridized carbons (Fsp3) is 0.533. The van der Waals surface area contributed by atoms with Crippen molar-refractivity contribution in [1.29, 1.82) is 0 Å². The van der Waals surface area contributed by atoms with Crippen molar-refractivity contribution in [3.63, 3.8) is 0 Å². The van der Waals surface area contributed by atoms with Crippen LogP contribution in [0.5, 0.6) is 0 Å². The minimum absolute atomic E-state index is 0.119. The van der Waals surface area contributed by atoms with Gasteiger partial charge in [-0.2, -0.15) is 0 Å². The molecule has 1 saturated heterocycles. The summed E-state index contributed by atoms with van der Waals surface area (Å²) in [4.78, 5) is 26.6. The van der Waals surface area contributed by atoms with Gasteiger partial charge in [0.25, 0.3) is 0 Å². The van der Waals surface area contributed by atoms with Gasteiger partial charge in [0.15, 0.2) is 8.32 Å². The van der Waals surface area contributed by atoms with Crippen molar-refractivity contribution in [1.82, 2.24) is 4.90 Å². The van der Waals surface area contributed by atoms with Crippen LogP contribution in [-0.2, 0) is 15.6 Å². The molecular weight excluding hydrogens is 537 g/mol. The maximum atomic E-state index is 13.4. The van der Waals surface area contributed by atoms with Gasteiger partial charge in [-0.05, 0) is 97.6 Å². The van der Waals surface area contributed by atoms with Gasteiger partial charge < -0.3 is 14.4 Å². The first-order chi connectivity index (χ1) is 17.8. The molecule has 5 nitrogen and oxygen atoms in total. The van der Waals surface area contributed by atoms with Crippen molar-refractivity contribution >= 4 is 43.4 Å². The van der Waals surface area contributed by atoms with Crippen molar-refractivity contribution < 1.29 is 19.1 Å². The number of halogens is 2. The van der Waals surface area contributed by atoms with Gasteiger partial charge in [0.2, 0.25) is 5.91 Å². The number of hydrogen-bond acceptors (Lipinski definition) is 3. The topological polar surface area (TPSA) is 66.8 Å². The van der Waals surface area contributed by atoms with E-state index >= 15 is 0 Å². The standard InChI is InChI=1S/C30H39Cl2NO4Si/c1-30(2,3)38(4,5)37-24-12-10-23(11-13-24)33-15-14-21(28(33)34)16-25-26(31)17-22(18-27(25)32)19-6-8-20(9-7-19)29(35)36/h6-9,17-18,21,23-24H,10-16H2,1-5H3,(H,35,36)/t21-,23?,24?/m0/s1. The highest BCUT2D eigenvalue weighted by atomic mass is 35.5. The molecule has 0 bridgehead atoms. The third kappa shape index (κ3) is 6.30. The highest BCUT2D eigenvalue weighted by Gasteiger charge is 2.42. The predicted molar refractivity (Wildman–Crippen MR) is 157 cm³/mol. The van der Waals surface area contributed by atoms with Crippen LogP contribution in [0.4, 0.5) is 0 Å². The Labute approximate surface area is 237 Å². The molecular formula is C30H39Cl2NO4Si. The number of likely N-dealkylation sites (tertiary alicyclic amines) is 1. The summed E-state index contributed by atoms with van der Waals surface area (Å²) in [6.45, 7) is 12.2. The van der Waals surface area contributed by atoms with E-state index in [1.54, 1.807) is 24.3 Å². The van der Waals surface area contributed by atoms with Crippen molar-refractivity contribution in [3.8, 4) is 11.1 Å². The maximum absolute atomic E-state index is 13.4. The van der Waals surface area contributed by atoms with E-state index in [1.807, 2.05) is 12.1 Å².